The molecule has 0 radical (unpaired) electrons. The van der Waals surface area contributed by atoms with Gasteiger partial charge in [-0.3, -0.25) is 9.89 Å². The molecular weight excluding hydrogens is 228 g/mol. The molecule has 0 spiro atoms. The fraction of sp³-hybridized carbons (Fsp3) is 0.385. The molecule has 0 atom stereocenters. The molecule has 0 unspecified atom stereocenters. The Morgan fingerprint density at radius 3 is 3.00 bits per heavy atom. The van der Waals surface area contributed by atoms with Gasteiger partial charge >= 0.3 is 0 Å². The third-order valence-electron chi connectivity index (χ3n) is 3.42. The lowest BCUT2D eigenvalue weighted by Gasteiger charge is -2.21. The van der Waals surface area contributed by atoms with Gasteiger partial charge in [-0.2, -0.15) is 5.10 Å². The SMILES string of the molecule is O=C(Nc1ccc2[nH]ncc2c1)C1CCNCC1. The molecule has 0 bridgehead atoms. The maximum atomic E-state index is 12.1. The second-order valence-electron chi connectivity index (χ2n) is 4.69. The molecular formula is C13H16N4O. The van der Waals surface area contributed by atoms with Gasteiger partial charge in [-0.25, -0.2) is 0 Å². The molecule has 2 heterocycles. The highest BCUT2D eigenvalue weighted by Gasteiger charge is 2.20. The Bertz CT molecular complexity index is 557. The zero-order valence-corrected chi connectivity index (χ0v) is 10.1. The first kappa shape index (κ1) is 11.2. The highest BCUT2D eigenvalue weighted by atomic mass is 16.1. The van der Waals surface area contributed by atoms with Crippen molar-refractivity contribution < 1.29 is 4.79 Å². The predicted octanol–water partition coefficient (Wildman–Crippen LogP) is 1.50. The number of hydrogen-bond donors (Lipinski definition) is 3. The third-order valence-corrected chi connectivity index (χ3v) is 3.42. The van der Waals surface area contributed by atoms with Gasteiger partial charge < -0.3 is 10.6 Å². The van der Waals surface area contributed by atoms with Gasteiger partial charge in [-0.05, 0) is 44.1 Å². The number of aromatic nitrogens is 2. The summed E-state index contributed by atoms with van der Waals surface area (Å²) in [6.07, 6.45) is 3.59. The summed E-state index contributed by atoms with van der Waals surface area (Å²) in [7, 11) is 0. The van der Waals surface area contributed by atoms with Gasteiger partial charge in [0.05, 0.1) is 11.7 Å². The van der Waals surface area contributed by atoms with Crippen LogP contribution >= 0.6 is 0 Å². The molecule has 1 aliphatic heterocycles. The van der Waals surface area contributed by atoms with Gasteiger partial charge in [0.2, 0.25) is 5.91 Å². The number of nitrogens with one attached hydrogen (secondary N) is 3. The number of H-pyrrole nitrogens is 1. The van der Waals surface area contributed by atoms with Gasteiger partial charge in [0, 0.05) is 17.0 Å². The number of amides is 1. The molecule has 1 aromatic heterocycles. The number of carbonyl (C=O) groups excluding carboxylic acids is 1. The van der Waals surface area contributed by atoms with Crippen molar-refractivity contribution in [1.29, 1.82) is 0 Å². The van der Waals surface area contributed by atoms with E-state index in [2.05, 4.69) is 20.8 Å². The van der Waals surface area contributed by atoms with Gasteiger partial charge in [0.15, 0.2) is 0 Å². The largest absolute Gasteiger partial charge is 0.326 e. The van der Waals surface area contributed by atoms with Gasteiger partial charge in [0.25, 0.3) is 0 Å². The maximum Gasteiger partial charge on any atom is 0.227 e. The zero-order valence-electron chi connectivity index (χ0n) is 10.1. The number of benzene rings is 1. The van der Waals surface area contributed by atoms with E-state index in [-0.39, 0.29) is 11.8 Å². The molecule has 1 aromatic carbocycles. The first-order valence-corrected chi connectivity index (χ1v) is 6.27. The second-order valence-corrected chi connectivity index (χ2v) is 4.69. The Kier molecular flexibility index (Phi) is 2.98. The Hall–Kier alpha value is -1.88. The molecule has 1 saturated heterocycles. The minimum Gasteiger partial charge on any atom is -0.326 e. The summed E-state index contributed by atoms with van der Waals surface area (Å²) in [5.74, 6) is 0.255. The van der Waals surface area contributed by atoms with E-state index in [0.717, 1.165) is 42.5 Å². The van der Waals surface area contributed by atoms with E-state index in [4.69, 9.17) is 0 Å². The minimum absolute atomic E-state index is 0.124. The van der Waals surface area contributed by atoms with Crippen LogP contribution in [0.5, 0.6) is 0 Å². The summed E-state index contributed by atoms with van der Waals surface area (Å²) in [6, 6.07) is 5.78. The number of hydrogen-bond acceptors (Lipinski definition) is 3. The highest BCUT2D eigenvalue weighted by molar-refractivity contribution is 5.94. The van der Waals surface area contributed by atoms with Crippen LogP contribution in [0, 0.1) is 5.92 Å². The summed E-state index contributed by atoms with van der Waals surface area (Å²) in [5.41, 5.74) is 1.82. The van der Waals surface area contributed by atoms with Crippen LogP contribution < -0.4 is 10.6 Å². The molecule has 5 heteroatoms. The maximum absolute atomic E-state index is 12.1. The van der Waals surface area contributed by atoms with Gasteiger partial charge in [0.1, 0.15) is 0 Å². The van der Waals surface area contributed by atoms with E-state index in [9.17, 15) is 4.79 Å². The van der Waals surface area contributed by atoms with Crippen LogP contribution in [0.3, 0.4) is 0 Å². The highest BCUT2D eigenvalue weighted by Crippen LogP contribution is 2.19. The quantitative estimate of drug-likeness (QED) is 0.749. The Labute approximate surface area is 105 Å². The van der Waals surface area contributed by atoms with Crippen molar-refractivity contribution in [3.63, 3.8) is 0 Å². The van der Waals surface area contributed by atoms with Crippen molar-refractivity contribution in [2.75, 3.05) is 18.4 Å². The summed E-state index contributed by atoms with van der Waals surface area (Å²) in [4.78, 5) is 12.1. The summed E-state index contributed by atoms with van der Waals surface area (Å²) in [5, 5.41) is 14.1. The first-order valence-electron chi connectivity index (χ1n) is 6.27. The first-order chi connectivity index (χ1) is 8.83. The smallest absolute Gasteiger partial charge is 0.227 e. The minimum atomic E-state index is 0.124. The molecule has 0 saturated carbocycles. The predicted molar refractivity (Wildman–Crippen MR) is 70.3 cm³/mol. The second kappa shape index (κ2) is 4.78. The Morgan fingerprint density at radius 1 is 1.33 bits per heavy atom. The summed E-state index contributed by atoms with van der Waals surface area (Å²) < 4.78 is 0. The lowest BCUT2D eigenvalue weighted by atomic mass is 9.97. The molecule has 1 amide bonds. The van der Waals surface area contributed by atoms with Gasteiger partial charge in [-0.1, -0.05) is 0 Å². The lowest BCUT2D eigenvalue weighted by molar-refractivity contribution is -0.120. The molecule has 2 aromatic rings. The van der Waals surface area contributed by atoms with E-state index in [0.29, 0.717) is 0 Å². The number of anilines is 1. The van der Waals surface area contributed by atoms with Crippen LogP contribution in [0.15, 0.2) is 24.4 Å². The monoisotopic (exact) mass is 244 g/mol. The number of fused-ring (bicyclic) bond motifs is 1. The van der Waals surface area contributed by atoms with Crippen LogP contribution in [0.4, 0.5) is 5.69 Å². The topological polar surface area (TPSA) is 69.8 Å². The van der Waals surface area contributed by atoms with Crippen LogP contribution in [0.25, 0.3) is 10.9 Å². The standard InChI is InChI=1S/C13H16N4O/c18-13(9-3-5-14-6-4-9)16-11-1-2-12-10(7-11)8-15-17-12/h1-2,7-9,14H,3-6H2,(H,15,17)(H,16,18). The molecule has 3 rings (SSSR count). The fourth-order valence-corrected chi connectivity index (χ4v) is 2.35. The third kappa shape index (κ3) is 2.22. The number of nitrogens with zero attached hydrogens (tertiary/aromatic N) is 1. The molecule has 1 aliphatic rings. The molecule has 94 valence electrons. The van der Waals surface area contributed by atoms with E-state index >= 15 is 0 Å². The summed E-state index contributed by atoms with van der Waals surface area (Å²) in [6.45, 7) is 1.86. The van der Waals surface area contributed by atoms with Crippen molar-refractivity contribution in [3.05, 3.63) is 24.4 Å². The number of rotatable bonds is 2. The molecule has 0 aliphatic carbocycles. The number of aromatic amines is 1. The summed E-state index contributed by atoms with van der Waals surface area (Å²) >= 11 is 0. The van der Waals surface area contributed by atoms with Crippen molar-refractivity contribution >= 4 is 22.5 Å². The van der Waals surface area contributed by atoms with Crippen LogP contribution in [0.2, 0.25) is 0 Å². The zero-order chi connectivity index (χ0) is 12.4. The average molecular weight is 244 g/mol. The van der Waals surface area contributed by atoms with Crippen LogP contribution in [-0.2, 0) is 4.79 Å². The molecule has 1 fully saturated rings. The van der Waals surface area contributed by atoms with Gasteiger partial charge in [-0.15, -0.1) is 0 Å². The van der Waals surface area contributed by atoms with E-state index in [1.165, 1.54) is 0 Å². The average Bonchev–Trinajstić information content (AvgIpc) is 2.87. The van der Waals surface area contributed by atoms with Crippen LogP contribution in [-0.4, -0.2) is 29.2 Å². The van der Waals surface area contributed by atoms with Crippen LogP contribution in [0.1, 0.15) is 12.8 Å². The van der Waals surface area contributed by atoms with E-state index < -0.39 is 0 Å². The van der Waals surface area contributed by atoms with E-state index in [1.54, 1.807) is 6.20 Å². The van der Waals surface area contributed by atoms with Crippen molar-refractivity contribution in [2.45, 2.75) is 12.8 Å². The molecule has 3 N–H and O–H groups in total. The fourth-order valence-electron chi connectivity index (χ4n) is 2.35. The van der Waals surface area contributed by atoms with E-state index in [1.807, 2.05) is 18.2 Å². The van der Waals surface area contributed by atoms with Crippen molar-refractivity contribution in [1.82, 2.24) is 15.5 Å². The van der Waals surface area contributed by atoms with Crippen molar-refractivity contribution in [3.8, 4) is 0 Å². The number of carbonyl (C=O) groups is 1. The molecule has 5 nitrogen and oxygen atoms in total. The Balaban J connectivity index is 1.72. The van der Waals surface area contributed by atoms with Crippen molar-refractivity contribution in [2.24, 2.45) is 5.92 Å². The Morgan fingerprint density at radius 2 is 2.17 bits per heavy atom. The lowest BCUT2D eigenvalue weighted by Crippen LogP contribution is -2.34. The number of piperidine rings is 1. The molecule has 18 heavy (non-hydrogen) atoms. The normalized spacial score (nSPS) is 16.9.